The van der Waals surface area contributed by atoms with E-state index in [1.54, 1.807) is 12.3 Å². The summed E-state index contributed by atoms with van der Waals surface area (Å²) in [6.45, 7) is 2.70. The summed E-state index contributed by atoms with van der Waals surface area (Å²) in [5, 5.41) is 9.13. The molecule has 1 N–H and O–H groups in total. The van der Waals surface area contributed by atoms with Gasteiger partial charge in [-0.25, -0.2) is 14.8 Å². The average molecular weight is 207 g/mol. The number of hydrogen-bond donors (Lipinski definition) is 1. The smallest absolute Gasteiger partial charge is 0.326 e. The maximum Gasteiger partial charge on any atom is 0.326 e. The Labute approximate surface area is 87.8 Å². The van der Waals surface area contributed by atoms with Crippen LogP contribution in [0.3, 0.4) is 0 Å². The van der Waals surface area contributed by atoms with Crippen molar-refractivity contribution >= 4 is 11.8 Å². The number of nitrogens with zero attached hydrogens (tertiary/aromatic N) is 3. The molecule has 15 heavy (non-hydrogen) atoms. The van der Waals surface area contributed by atoms with Crippen molar-refractivity contribution in [1.82, 2.24) is 9.97 Å². The lowest BCUT2D eigenvalue weighted by molar-refractivity contribution is -0.139. The van der Waals surface area contributed by atoms with Gasteiger partial charge < -0.3 is 10.0 Å². The molecule has 2 unspecified atom stereocenters. The van der Waals surface area contributed by atoms with Gasteiger partial charge in [0.25, 0.3) is 0 Å². The van der Waals surface area contributed by atoms with Gasteiger partial charge in [-0.3, -0.25) is 0 Å². The van der Waals surface area contributed by atoms with E-state index in [4.69, 9.17) is 5.11 Å². The monoisotopic (exact) mass is 207 g/mol. The minimum absolute atomic E-state index is 0.164. The average Bonchev–Trinajstić information content (AvgIpc) is 2.61. The molecule has 5 nitrogen and oxygen atoms in total. The Bertz CT molecular complexity index is 355. The summed E-state index contributed by atoms with van der Waals surface area (Å²) >= 11 is 0. The molecule has 1 aromatic rings. The Balaban J connectivity index is 2.26. The molecular weight excluding hydrogens is 194 g/mol. The molecule has 2 atom stereocenters. The predicted molar refractivity (Wildman–Crippen MR) is 54.6 cm³/mol. The normalized spacial score (nSPS) is 25.5. The maximum absolute atomic E-state index is 11.1. The Morgan fingerprint density at radius 3 is 3.07 bits per heavy atom. The van der Waals surface area contributed by atoms with E-state index in [9.17, 15) is 4.79 Å². The van der Waals surface area contributed by atoms with E-state index >= 15 is 0 Å². The van der Waals surface area contributed by atoms with E-state index in [-0.39, 0.29) is 5.92 Å². The van der Waals surface area contributed by atoms with Crippen LogP contribution in [-0.4, -0.2) is 33.6 Å². The first kappa shape index (κ1) is 9.89. The summed E-state index contributed by atoms with van der Waals surface area (Å²) in [6, 6.07) is 1.29. The Morgan fingerprint density at radius 1 is 1.67 bits per heavy atom. The number of hydrogen-bond acceptors (Lipinski definition) is 4. The molecule has 0 aliphatic carbocycles. The Kier molecular flexibility index (Phi) is 2.53. The van der Waals surface area contributed by atoms with Crippen molar-refractivity contribution in [2.45, 2.75) is 19.4 Å². The van der Waals surface area contributed by atoms with Crippen LogP contribution >= 0.6 is 0 Å². The lowest BCUT2D eigenvalue weighted by atomic mass is 10.0. The van der Waals surface area contributed by atoms with E-state index in [1.165, 1.54) is 6.33 Å². The van der Waals surface area contributed by atoms with Crippen molar-refractivity contribution in [2.24, 2.45) is 5.92 Å². The van der Waals surface area contributed by atoms with Crippen molar-refractivity contribution < 1.29 is 9.90 Å². The molecule has 0 radical (unpaired) electrons. The molecule has 0 aromatic carbocycles. The molecule has 1 fully saturated rings. The van der Waals surface area contributed by atoms with E-state index in [0.717, 1.165) is 13.0 Å². The van der Waals surface area contributed by atoms with Gasteiger partial charge in [-0.1, -0.05) is 6.92 Å². The largest absolute Gasteiger partial charge is 0.480 e. The third kappa shape index (κ3) is 1.77. The van der Waals surface area contributed by atoms with Crippen LogP contribution in [0.5, 0.6) is 0 Å². The third-order valence-corrected chi connectivity index (χ3v) is 2.81. The first-order chi connectivity index (χ1) is 7.20. The van der Waals surface area contributed by atoms with Gasteiger partial charge in [-0.05, 0) is 18.4 Å². The summed E-state index contributed by atoms with van der Waals surface area (Å²) in [6.07, 6.45) is 3.96. The van der Waals surface area contributed by atoms with Gasteiger partial charge in [0.05, 0.1) is 0 Å². The molecule has 0 amide bonds. The number of carbonyl (C=O) groups is 1. The molecular formula is C10H13N3O2. The number of carboxylic acid groups (broad SMARTS) is 1. The zero-order valence-electron chi connectivity index (χ0n) is 8.50. The van der Waals surface area contributed by atoms with Gasteiger partial charge in [0.15, 0.2) is 0 Å². The van der Waals surface area contributed by atoms with E-state index in [0.29, 0.717) is 5.82 Å². The molecule has 1 aliphatic rings. The van der Waals surface area contributed by atoms with E-state index in [1.807, 2.05) is 11.8 Å². The fourth-order valence-electron chi connectivity index (χ4n) is 2.03. The summed E-state index contributed by atoms with van der Waals surface area (Å²) < 4.78 is 0. The molecule has 1 saturated heterocycles. The van der Waals surface area contributed by atoms with Gasteiger partial charge in [0.2, 0.25) is 0 Å². The van der Waals surface area contributed by atoms with Gasteiger partial charge in [0, 0.05) is 12.7 Å². The summed E-state index contributed by atoms with van der Waals surface area (Å²) in [5.41, 5.74) is 0. The number of aliphatic carboxylic acids is 1. The third-order valence-electron chi connectivity index (χ3n) is 2.81. The van der Waals surface area contributed by atoms with Crippen LogP contribution in [-0.2, 0) is 4.79 Å². The summed E-state index contributed by atoms with van der Waals surface area (Å²) in [5.74, 6) is 0.0813. The minimum atomic E-state index is -0.779. The quantitative estimate of drug-likeness (QED) is 0.776. The van der Waals surface area contributed by atoms with Crippen LogP contribution in [0, 0.1) is 5.92 Å². The van der Waals surface area contributed by atoms with Crippen LogP contribution in [0.1, 0.15) is 13.3 Å². The molecule has 2 heterocycles. The number of anilines is 1. The van der Waals surface area contributed by atoms with Gasteiger partial charge >= 0.3 is 5.97 Å². The number of aromatic nitrogens is 2. The topological polar surface area (TPSA) is 66.3 Å². The minimum Gasteiger partial charge on any atom is -0.480 e. The van der Waals surface area contributed by atoms with Gasteiger partial charge in [0.1, 0.15) is 18.2 Å². The second-order valence-electron chi connectivity index (χ2n) is 3.81. The van der Waals surface area contributed by atoms with Crippen molar-refractivity contribution in [3.8, 4) is 0 Å². The fourth-order valence-corrected chi connectivity index (χ4v) is 2.03. The highest BCUT2D eigenvalue weighted by atomic mass is 16.4. The lowest BCUT2D eigenvalue weighted by Crippen LogP contribution is -2.39. The lowest BCUT2D eigenvalue weighted by Gasteiger charge is -2.23. The summed E-state index contributed by atoms with van der Waals surface area (Å²) in [4.78, 5) is 20.8. The molecule has 0 bridgehead atoms. The number of carboxylic acids is 1. The highest BCUT2D eigenvalue weighted by Crippen LogP contribution is 2.27. The van der Waals surface area contributed by atoms with Crippen molar-refractivity contribution in [3.63, 3.8) is 0 Å². The van der Waals surface area contributed by atoms with Crippen molar-refractivity contribution in [3.05, 3.63) is 18.6 Å². The van der Waals surface area contributed by atoms with Crippen LogP contribution in [0.4, 0.5) is 5.82 Å². The van der Waals surface area contributed by atoms with Crippen LogP contribution in [0.15, 0.2) is 18.6 Å². The molecule has 1 aromatic heterocycles. The van der Waals surface area contributed by atoms with Gasteiger partial charge in [-0.2, -0.15) is 0 Å². The van der Waals surface area contributed by atoms with Crippen LogP contribution < -0.4 is 4.90 Å². The van der Waals surface area contributed by atoms with E-state index in [2.05, 4.69) is 9.97 Å². The zero-order chi connectivity index (χ0) is 10.8. The highest BCUT2D eigenvalue weighted by molar-refractivity contribution is 5.78. The Morgan fingerprint density at radius 2 is 2.47 bits per heavy atom. The zero-order valence-corrected chi connectivity index (χ0v) is 8.50. The second kappa shape index (κ2) is 3.84. The SMILES string of the molecule is CC1CCN(c2ccncn2)C1C(=O)O. The maximum atomic E-state index is 11.1. The highest BCUT2D eigenvalue weighted by Gasteiger charge is 2.37. The second-order valence-corrected chi connectivity index (χ2v) is 3.81. The van der Waals surface area contributed by atoms with Crippen LogP contribution in [0.2, 0.25) is 0 Å². The molecule has 1 aliphatic heterocycles. The molecule has 2 rings (SSSR count). The first-order valence-corrected chi connectivity index (χ1v) is 4.95. The molecule has 0 spiro atoms. The molecule has 0 saturated carbocycles. The van der Waals surface area contributed by atoms with Crippen LogP contribution in [0.25, 0.3) is 0 Å². The Hall–Kier alpha value is -1.65. The molecule has 80 valence electrons. The van der Waals surface area contributed by atoms with Gasteiger partial charge in [-0.15, -0.1) is 0 Å². The van der Waals surface area contributed by atoms with E-state index < -0.39 is 12.0 Å². The summed E-state index contributed by atoms with van der Waals surface area (Å²) in [7, 11) is 0. The van der Waals surface area contributed by atoms with Crippen molar-refractivity contribution in [2.75, 3.05) is 11.4 Å². The fraction of sp³-hybridized carbons (Fsp3) is 0.500. The van der Waals surface area contributed by atoms with Crippen molar-refractivity contribution in [1.29, 1.82) is 0 Å². The number of rotatable bonds is 2. The molecule has 5 heteroatoms. The predicted octanol–water partition coefficient (Wildman–Crippen LogP) is 0.776. The standard InChI is InChI=1S/C10H13N3O2/c1-7-3-5-13(9(7)10(14)15)8-2-4-11-6-12-8/h2,4,6-7,9H,3,5H2,1H3,(H,14,15). The first-order valence-electron chi connectivity index (χ1n) is 4.95.